The summed E-state index contributed by atoms with van der Waals surface area (Å²) in [7, 11) is 4.01. The van der Waals surface area contributed by atoms with E-state index in [2.05, 4.69) is 64.7 Å². The van der Waals surface area contributed by atoms with E-state index in [0.717, 1.165) is 42.0 Å². The fourth-order valence-corrected chi connectivity index (χ4v) is 5.02. The number of benzene rings is 2. The number of ether oxygens (including phenoxy) is 1. The van der Waals surface area contributed by atoms with Gasteiger partial charge in [-0.1, -0.05) is 12.1 Å². The molecule has 214 valence electrons. The molecule has 6 rings (SSSR count). The van der Waals surface area contributed by atoms with Gasteiger partial charge in [-0.15, -0.1) is 0 Å². The second kappa shape index (κ2) is 11.5. The van der Waals surface area contributed by atoms with Crippen LogP contribution >= 0.6 is 0 Å². The summed E-state index contributed by atoms with van der Waals surface area (Å²) in [4.78, 5) is 19.8. The third-order valence-electron chi connectivity index (χ3n) is 7.27. The van der Waals surface area contributed by atoms with Gasteiger partial charge in [0.25, 0.3) is 0 Å². The number of amides is 2. The zero-order chi connectivity index (χ0) is 29.2. The lowest BCUT2D eigenvalue weighted by Gasteiger charge is -2.25. The van der Waals surface area contributed by atoms with Crippen molar-refractivity contribution in [2.75, 3.05) is 24.2 Å². The Labute approximate surface area is 245 Å². The van der Waals surface area contributed by atoms with Crippen LogP contribution in [0.5, 0.6) is 11.5 Å². The number of nitrogens with one attached hydrogen (secondary N) is 2. The van der Waals surface area contributed by atoms with Gasteiger partial charge in [-0.05, 0) is 74.8 Å². The molecule has 10 heteroatoms. The summed E-state index contributed by atoms with van der Waals surface area (Å²) in [6, 6.07) is 17.2. The number of rotatable bonds is 7. The van der Waals surface area contributed by atoms with E-state index in [9.17, 15) is 4.79 Å². The molecule has 0 fully saturated rings. The van der Waals surface area contributed by atoms with Crippen LogP contribution in [0.15, 0.2) is 79.4 Å². The van der Waals surface area contributed by atoms with Crippen molar-refractivity contribution >= 4 is 17.4 Å². The van der Waals surface area contributed by atoms with Crippen LogP contribution in [0.4, 0.5) is 16.2 Å². The van der Waals surface area contributed by atoms with E-state index in [4.69, 9.17) is 9.84 Å². The highest BCUT2D eigenvalue weighted by Gasteiger charge is 2.19. The quantitative estimate of drug-likeness (QED) is 0.240. The number of pyridine rings is 1. The fourth-order valence-electron chi connectivity index (χ4n) is 5.02. The summed E-state index contributed by atoms with van der Waals surface area (Å²) in [5.41, 5.74) is 7.42. The van der Waals surface area contributed by atoms with Crippen molar-refractivity contribution in [2.24, 2.45) is 7.05 Å². The van der Waals surface area contributed by atoms with Crippen LogP contribution in [0, 0.1) is 0 Å². The molecular formula is C32H34N8O2. The maximum absolute atomic E-state index is 13.1. The van der Waals surface area contributed by atoms with Gasteiger partial charge >= 0.3 is 6.03 Å². The number of fused-ring (bicyclic) bond motifs is 1. The normalized spacial score (nSPS) is 13.2. The van der Waals surface area contributed by atoms with E-state index in [0.29, 0.717) is 22.9 Å². The highest BCUT2D eigenvalue weighted by atomic mass is 16.5. The van der Waals surface area contributed by atoms with Crippen molar-refractivity contribution in [3.8, 4) is 34.0 Å². The Bertz CT molecular complexity index is 1720. The van der Waals surface area contributed by atoms with Crippen molar-refractivity contribution < 1.29 is 9.53 Å². The SMILES string of the molecule is CC(C)n1cc(NC(=O)Nc2ccc(Oc3ccnc(-c4cnn(C)c4)c3)cc2)c(-c2ccc3c(c2)CCN(C)C3)n1. The lowest BCUT2D eigenvalue weighted by molar-refractivity contribution is 0.262. The molecule has 0 saturated carbocycles. The molecule has 42 heavy (non-hydrogen) atoms. The van der Waals surface area contributed by atoms with E-state index < -0.39 is 0 Å². The van der Waals surface area contributed by atoms with Crippen molar-refractivity contribution in [3.05, 3.63) is 90.5 Å². The van der Waals surface area contributed by atoms with E-state index in [-0.39, 0.29) is 12.1 Å². The lowest BCUT2D eigenvalue weighted by Crippen LogP contribution is -2.26. The molecular weight excluding hydrogens is 528 g/mol. The molecule has 0 radical (unpaired) electrons. The zero-order valence-corrected chi connectivity index (χ0v) is 24.2. The molecule has 5 aromatic rings. The Morgan fingerprint density at radius 2 is 1.76 bits per heavy atom. The summed E-state index contributed by atoms with van der Waals surface area (Å²) in [6.45, 7) is 6.11. The number of likely N-dealkylation sites (N-methyl/N-ethyl adjacent to an activating group) is 1. The predicted molar refractivity (Wildman–Crippen MR) is 164 cm³/mol. The van der Waals surface area contributed by atoms with Crippen LogP contribution in [-0.2, 0) is 20.0 Å². The number of carbonyl (C=O) groups excluding carboxylic acids is 1. The Kier molecular flexibility index (Phi) is 7.45. The molecule has 0 spiro atoms. The largest absolute Gasteiger partial charge is 0.457 e. The van der Waals surface area contributed by atoms with Crippen LogP contribution in [0.1, 0.15) is 31.0 Å². The van der Waals surface area contributed by atoms with Crippen LogP contribution in [0.2, 0.25) is 0 Å². The number of anilines is 2. The van der Waals surface area contributed by atoms with Gasteiger partial charge in [-0.25, -0.2) is 4.79 Å². The van der Waals surface area contributed by atoms with Gasteiger partial charge in [0.1, 0.15) is 17.2 Å². The number of hydrogen-bond donors (Lipinski definition) is 2. The molecule has 2 N–H and O–H groups in total. The molecule has 0 saturated heterocycles. The first kappa shape index (κ1) is 27.2. The number of nitrogens with zero attached hydrogens (tertiary/aromatic N) is 6. The zero-order valence-electron chi connectivity index (χ0n) is 24.2. The average molecular weight is 563 g/mol. The summed E-state index contributed by atoms with van der Waals surface area (Å²) in [5.74, 6) is 1.30. The third-order valence-corrected chi connectivity index (χ3v) is 7.27. The average Bonchev–Trinajstić information content (AvgIpc) is 3.60. The molecule has 2 amide bonds. The van der Waals surface area contributed by atoms with Crippen molar-refractivity contribution in [1.29, 1.82) is 0 Å². The van der Waals surface area contributed by atoms with Gasteiger partial charge in [-0.2, -0.15) is 10.2 Å². The van der Waals surface area contributed by atoms with Crippen LogP contribution in [0.3, 0.4) is 0 Å². The molecule has 0 atom stereocenters. The standard InChI is InChI=1S/C32H34N8O2/c1-21(2)40-20-30(31(37-40)23-5-6-24-18-38(3)14-12-22(24)15-23)36-32(41)35-26-7-9-27(10-8-26)42-28-11-13-33-29(16-28)25-17-34-39(4)19-25/h5-11,13,15-17,19-21H,12,14,18H2,1-4H3,(H2,35,36,41). The number of hydrogen-bond acceptors (Lipinski definition) is 6. The Morgan fingerprint density at radius 1 is 0.929 bits per heavy atom. The van der Waals surface area contributed by atoms with Crippen molar-refractivity contribution in [3.63, 3.8) is 0 Å². The van der Waals surface area contributed by atoms with Gasteiger partial charge in [0.15, 0.2) is 0 Å². The van der Waals surface area contributed by atoms with Gasteiger partial charge in [0.2, 0.25) is 0 Å². The molecule has 0 aliphatic carbocycles. The first-order valence-corrected chi connectivity index (χ1v) is 14.0. The maximum Gasteiger partial charge on any atom is 0.323 e. The van der Waals surface area contributed by atoms with E-state index in [1.807, 2.05) is 42.3 Å². The highest BCUT2D eigenvalue weighted by Crippen LogP contribution is 2.32. The van der Waals surface area contributed by atoms with Crippen LogP contribution in [0.25, 0.3) is 22.5 Å². The Balaban J connectivity index is 1.14. The first-order chi connectivity index (χ1) is 20.3. The van der Waals surface area contributed by atoms with Crippen LogP contribution < -0.4 is 15.4 Å². The Morgan fingerprint density at radius 3 is 2.52 bits per heavy atom. The summed E-state index contributed by atoms with van der Waals surface area (Å²) in [5, 5.41) is 15.0. The van der Waals surface area contributed by atoms with Crippen LogP contribution in [-0.4, -0.2) is 49.1 Å². The maximum atomic E-state index is 13.1. The third kappa shape index (κ3) is 6.03. The molecule has 0 bridgehead atoms. The van der Waals surface area contributed by atoms with E-state index in [1.165, 1.54) is 11.1 Å². The number of carbonyl (C=O) groups is 1. The van der Waals surface area contributed by atoms with E-state index in [1.54, 1.807) is 35.3 Å². The monoisotopic (exact) mass is 562 g/mol. The molecule has 4 heterocycles. The van der Waals surface area contributed by atoms with Gasteiger partial charge < -0.3 is 20.3 Å². The fraction of sp³-hybridized carbons (Fsp3) is 0.250. The number of urea groups is 1. The van der Waals surface area contributed by atoms with Crippen molar-refractivity contribution in [1.82, 2.24) is 29.4 Å². The Hall–Kier alpha value is -4.96. The molecule has 3 aromatic heterocycles. The minimum absolute atomic E-state index is 0.155. The highest BCUT2D eigenvalue weighted by molar-refractivity contribution is 6.01. The second-order valence-electron chi connectivity index (χ2n) is 10.9. The smallest absolute Gasteiger partial charge is 0.323 e. The molecule has 1 aliphatic heterocycles. The summed E-state index contributed by atoms with van der Waals surface area (Å²) >= 11 is 0. The van der Waals surface area contributed by atoms with E-state index >= 15 is 0 Å². The summed E-state index contributed by atoms with van der Waals surface area (Å²) < 4.78 is 9.64. The predicted octanol–water partition coefficient (Wildman–Crippen LogP) is 6.35. The molecule has 0 unspecified atom stereocenters. The number of aromatic nitrogens is 5. The second-order valence-corrected chi connectivity index (χ2v) is 10.9. The summed E-state index contributed by atoms with van der Waals surface area (Å²) in [6.07, 6.45) is 8.26. The van der Waals surface area contributed by atoms with Gasteiger partial charge in [0, 0.05) is 67.7 Å². The lowest BCUT2D eigenvalue weighted by atomic mass is 9.96. The topological polar surface area (TPSA) is 102 Å². The number of aryl methyl sites for hydroxylation is 1. The molecule has 2 aromatic carbocycles. The minimum Gasteiger partial charge on any atom is -0.457 e. The minimum atomic E-state index is -0.344. The molecule has 10 nitrogen and oxygen atoms in total. The van der Waals surface area contributed by atoms with Gasteiger partial charge in [0.05, 0.1) is 17.6 Å². The van der Waals surface area contributed by atoms with Crippen molar-refractivity contribution in [2.45, 2.75) is 32.9 Å². The first-order valence-electron chi connectivity index (χ1n) is 14.0. The molecule has 1 aliphatic rings. The van der Waals surface area contributed by atoms with Gasteiger partial charge in [-0.3, -0.25) is 14.3 Å².